The van der Waals surface area contributed by atoms with Crippen molar-refractivity contribution in [1.82, 2.24) is 19.7 Å². The molecule has 0 unspecified atom stereocenters. The zero-order valence-corrected chi connectivity index (χ0v) is 12.1. The van der Waals surface area contributed by atoms with Crippen LogP contribution in [-0.4, -0.2) is 25.6 Å². The number of nitrogens with zero attached hydrogens (tertiary/aromatic N) is 4. The van der Waals surface area contributed by atoms with Crippen molar-refractivity contribution in [3.63, 3.8) is 0 Å². The Hall–Kier alpha value is -2.96. The second kappa shape index (κ2) is 6.21. The fourth-order valence-corrected chi connectivity index (χ4v) is 2.01. The van der Waals surface area contributed by atoms with Crippen LogP contribution in [0.5, 0.6) is 0 Å². The third-order valence-corrected chi connectivity index (χ3v) is 3.09. The quantitative estimate of drug-likeness (QED) is 0.779. The molecule has 1 aromatic carbocycles. The van der Waals surface area contributed by atoms with E-state index in [4.69, 9.17) is 4.52 Å². The van der Waals surface area contributed by atoms with E-state index in [1.165, 1.54) is 0 Å². The Kier molecular flexibility index (Phi) is 3.95. The number of carbonyl (C=O) groups excluding carboxylic acids is 1. The lowest BCUT2D eigenvalue weighted by Gasteiger charge is -2.06. The highest BCUT2D eigenvalue weighted by Crippen LogP contribution is 2.13. The van der Waals surface area contributed by atoms with E-state index in [0.717, 1.165) is 11.4 Å². The van der Waals surface area contributed by atoms with E-state index in [1.54, 1.807) is 19.4 Å². The highest BCUT2D eigenvalue weighted by Gasteiger charge is 2.07. The molecule has 0 radical (unpaired) electrons. The SMILES string of the molecule is Cc1noc(CCC(=O)Nc2ccc(-n3ccnc3)cc2)n1. The zero-order chi connectivity index (χ0) is 15.4. The molecular formula is C15H15N5O2. The number of imidazole rings is 1. The molecule has 1 N–H and O–H groups in total. The van der Waals surface area contributed by atoms with Gasteiger partial charge in [0.15, 0.2) is 5.82 Å². The van der Waals surface area contributed by atoms with Crippen LogP contribution in [0.4, 0.5) is 5.69 Å². The summed E-state index contributed by atoms with van der Waals surface area (Å²) in [5, 5.41) is 6.53. The third-order valence-electron chi connectivity index (χ3n) is 3.09. The summed E-state index contributed by atoms with van der Waals surface area (Å²) >= 11 is 0. The molecule has 2 heterocycles. The van der Waals surface area contributed by atoms with Crippen LogP contribution in [0, 0.1) is 6.92 Å². The van der Waals surface area contributed by atoms with Crippen LogP contribution < -0.4 is 5.32 Å². The molecule has 0 bridgehead atoms. The summed E-state index contributed by atoms with van der Waals surface area (Å²) in [6.45, 7) is 1.74. The molecule has 2 aromatic heterocycles. The van der Waals surface area contributed by atoms with Crippen molar-refractivity contribution in [2.45, 2.75) is 19.8 Å². The molecular weight excluding hydrogens is 282 g/mol. The minimum absolute atomic E-state index is 0.0915. The highest BCUT2D eigenvalue weighted by molar-refractivity contribution is 5.90. The van der Waals surface area contributed by atoms with Crippen molar-refractivity contribution in [3.8, 4) is 5.69 Å². The fourth-order valence-electron chi connectivity index (χ4n) is 2.01. The summed E-state index contributed by atoms with van der Waals surface area (Å²) < 4.78 is 6.86. The highest BCUT2D eigenvalue weighted by atomic mass is 16.5. The van der Waals surface area contributed by atoms with Crippen LogP contribution in [0.3, 0.4) is 0 Å². The third kappa shape index (κ3) is 3.38. The van der Waals surface area contributed by atoms with Gasteiger partial charge in [-0.25, -0.2) is 4.98 Å². The monoisotopic (exact) mass is 297 g/mol. The second-order valence-corrected chi connectivity index (χ2v) is 4.80. The topological polar surface area (TPSA) is 85.8 Å². The number of hydrogen-bond acceptors (Lipinski definition) is 5. The average molecular weight is 297 g/mol. The van der Waals surface area contributed by atoms with Crippen LogP contribution in [0.15, 0.2) is 47.5 Å². The number of rotatable bonds is 5. The first-order valence-corrected chi connectivity index (χ1v) is 6.88. The van der Waals surface area contributed by atoms with Gasteiger partial charge in [-0.1, -0.05) is 5.16 Å². The predicted molar refractivity (Wildman–Crippen MR) is 79.5 cm³/mol. The zero-order valence-electron chi connectivity index (χ0n) is 12.1. The van der Waals surface area contributed by atoms with Crippen molar-refractivity contribution in [3.05, 3.63) is 54.7 Å². The summed E-state index contributed by atoms with van der Waals surface area (Å²) in [7, 11) is 0. The van der Waals surface area contributed by atoms with E-state index in [2.05, 4.69) is 20.4 Å². The van der Waals surface area contributed by atoms with E-state index in [0.29, 0.717) is 24.6 Å². The molecule has 0 atom stereocenters. The van der Waals surface area contributed by atoms with E-state index in [9.17, 15) is 4.79 Å². The van der Waals surface area contributed by atoms with Crippen molar-refractivity contribution >= 4 is 11.6 Å². The van der Waals surface area contributed by atoms with Gasteiger partial charge in [0.25, 0.3) is 0 Å². The Bertz CT molecular complexity index is 747. The van der Waals surface area contributed by atoms with Gasteiger partial charge in [0.2, 0.25) is 11.8 Å². The lowest BCUT2D eigenvalue weighted by Crippen LogP contribution is -2.12. The summed E-state index contributed by atoms with van der Waals surface area (Å²) in [4.78, 5) is 20.0. The van der Waals surface area contributed by atoms with Crippen molar-refractivity contribution in [2.75, 3.05) is 5.32 Å². The van der Waals surface area contributed by atoms with E-state index in [-0.39, 0.29) is 5.91 Å². The molecule has 112 valence electrons. The molecule has 3 aromatic rings. The van der Waals surface area contributed by atoms with Gasteiger partial charge < -0.3 is 14.4 Å². The molecule has 0 aliphatic heterocycles. The van der Waals surface area contributed by atoms with Crippen molar-refractivity contribution < 1.29 is 9.32 Å². The number of hydrogen-bond donors (Lipinski definition) is 1. The maximum Gasteiger partial charge on any atom is 0.227 e. The molecule has 0 saturated heterocycles. The number of nitrogens with one attached hydrogen (secondary N) is 1. The largest absolute Gasteiger partial charge is 0.339 e. The maximum absolute atomic E-state index is 11.9. The fraction of sp³-hybridized carbons (Fsp3) is 0.200. The molecule has 7 heteroatoms. The van der Waals surface area contributed by atoms with Crippen LogP contribution in [-0.2, 0) is 11.2 Å². The molecule has 0 saturated carbocycles. The number of aryl methyl sites for hydroxylation is 2. The molecule has 3 rings (SSSR count). The first-order chi connectivity index (χ1) is 10.7. The number of amides is 1. The van der Waals surface area contributed by atoms with Gasteiger partial charge >= 0.3 is 0 Å². The lowest BCUT2D eigenvalue weighted by molar-refractivity contribution is -0.116. The second-order valence-electron chi connectivity index (χ2n) is 4.80. The van der Waals surface area contributed by atoms with Gasteiger partial charge in [-0.3, -0.25) is 4.79 Å². The Morgan fingerprint density at radius 2 is 2.14 bits per heavy atom. The van der Waals surface area contributed by atoms with Crippen LogP contribution >= 0.6 is 0 Å². The minimum atomic E-state index is -0.0915. The van der Waals surface area contributed by atoms with Gasteiger partial charge in [-0.2, -0.15) is 4.98 Å². The minimum Gasteiger partial charge on any atom is -0.339 e. The first kappa shape index (κ1) is 14.0. The molecule has 0 spiro atoms. The van der Waals surface area contributed by atoms with Gasteiger partial charge in [-0.05, 0) is 31.2 Å². The van der Waals surface area contributed by atoms with E-state index >= 15 is 0 Å². The van der Waals surface area contributed by atoms with E-state index in [1.807, 2.05) is 35.0 Å². The van der Waals surface area contributed by atoms with E-state index < -0.39 is 0 Å². The van der Waals surface area contributed by atoms with Gasteiger partial charge in [-0.15, -0.1) is 0 Å². The Labute approximate surface area is 127 Å². The Balaban J connectivity index is 1.55. The molecule has 22 heavy (non-hydrogen) atoms. The van der Waals surface area contributed by atoms with Crippen molar-refractivity contribution in [2.24, 2.45) is 0 Å². The van der Waals surface area contributed by atoms with Gasteiger partial charge in [0.05, 0.1) is 6.33 Å². The molecule has 0 aliphatic rings. The summed E-state index contributed by atoms with van der Waals surface area (Å²) in [6.07, 6.45) is 6.03. The number of carbonyl (C=O) groups is 1. The summed E-state index contributed by atoms with van der Waals surface area (Å²) in [5.41, 5.74) is 1.73. The number of benzene rings is 1. The predicted octanol–water partition coefficient (Wildman–Crippen LogP) is 2.14. The first-order valence-electron chi connectivity index (χ1n) is 6.88. The average Bonchev–Trinajstić information content (AvgIpc) is 3.17. The molecule has 7 nitrogen and oxygen atoms in total. The lowest BCUT2D eigenvalue weighted by atomic mass is 10.2. The van der Waals surface area contributed by atoms with Crippen LogP contribution in [0.25, 0.3) is 5.69 Å². The number of aromatic nitrogens is 4. The van der Waals surface area contributed by atoms with Crippen LogP contribution in [0.2, 0.25) is 0 Å². The summed E-state index contributed by atoms with van der Waals surface area (Å²) in [6, 6.07) is 7.53. The van der Waals surface area contributed by atoms with Crippen LogP contribution in [0.1, 0.15) is 18.1 Å². The Morgan fingerprint density at radius 3 is 2.77 bits per heavy atom. The Morgan fingerprint density at radius 1 is 1.32 bits per heavy atom. The molecule has 0 aliphatic carbocycles. The summed E-state index contributed by atoms with van der Waals surface area (Å²) in [5.74, 6) is 0.958. The molecule has 1 amide bonds. The molecule has 0 fully saturated rings. The normalized spacial score (nSPS) is 10.6. The van der Waals surface area contributed by atoms with Gasteiger partial charge in [0, 0.05) is 36.6 Å². The van der Waals surface area contributed by atoms with Crippen molar-refractivity contribution in [1.29, 1.82) is 0 Å². The maximum atomic E-state index is 11.9. The smallest absolute Gasteiger partial charge is 0.227 e. The standard InChI is InChI=1S/C15H15N5O2/c1-11-17-15(22-19-11)7-6-14(21)18-12-2-4-13(5-3-12)20-9-8-16-10-20/h2-5,8-10H,6-7H2,1H3,(H,18,21). The number of anilines is 1. The van der Waals surface area contributed by atoms with Gasteiger partial charge in [0.1, 0.15) is 0 Å².